The maximum absolute atomic E-state index is 6.21. The van der Waals surface area contributed by atoms with Gasteiger partial charge in [0.2, 0.25) is 0 Å². The summed E-state index contributed by atoms with van der Waals surface area (Å²) in [6.45, 7) is 14.0. The Balaban J connectivity index is 2.56. The molecule has 21 heavy (non-hydrogen) atoms. The molecule has 1 heterocycles. The van der Waals surface area contributed by atoms with Crippen LogP contribution in [-0.2, 0) is 10.2 Å². The highest BCUT2D eigenvalue weighted by atomic mass is 35.5. The van der Waals surface area contributed by atoms with Crippen LogP contribution in [0.25, 0.3) is 0 Å². The molecule has 1 aromatic rings. The molecule has 0 unspecified atom stereocenters. The monoisotopic (exact) mass is 313 g/mol. The second kappa shape index (κ2) is 7.95. The Bertz CT molecular complexity index is 456. The van der Waals surface area contributed by atoms with Gasteiger partial charge in [-0.25, -0.2) is 9.97 Å². The van der Waals surface area contributed by atoms with Crippen LogP contribution in [0.1, 0.15) is 58.8 Å². The molecule has 0 aliphatic rings. The van der Waals surface area contributed by atoms with E-state index in [1.165, 1.54) is 0 Å². The molecular formula is C16H28ClN3O. The minimum Gasteiger partial charge on any atom is -0.379 e. The lowest BCUT2D eigenvalue weighted by atomic mass is 9.95. The van der Waals surface area contributed by atoms with Crippen molar-refractivity contribution in [3.05, 3.63) is 16.5 Å². The predicted molar refractivity (Wildman–Crippen MR) is 89.3 cm³/mol. The van der Waals surface area contributed by atoms with Crippen LogP contribution in [0.4, 0.5) is 5.82 Å². The number of nitrogens with zero attached hydrogens (tertiary/aromatic N) is 2. The van der Waals surface area contributed by atoms with Crippen LogP contribution in [0.15, 0.2) is 0 Å². The molecule has 5 heteroatoms. The van der Waals surface area contributed by atoms with E-state index in [4.69, 9.17) is 16.3 Å². The average molecular weight is 314 g/mol. The molecule has 0 aromatic carbocycles. The van der Waals surface area contributed by atoms with E-state index in [-0.39, 0.29) is 5.41 Å². The first kappa shape index (κ1) is 18.2. The quantitative estimate of drug-likeness (QED) is 0.600. The van der Waals surface area contributed by atoms with Gasteiger partial charge in [0.05, 0.1) is 6.10 Å². The first-order valence-corrected chi connectivity index (χ1v) is 7.99. The third kappa shape index (κ3) is 6.18. The van der Waals surface area contributed by atoms with Crippen LogP contribution in [0.3, 0.4) is 0 Å². The third-order valence-electron chi connectivity index (χ3n) is 3.07. The highest BCUT2D eigenvalue weighted by Gasteiger charge is 2.20. The lowest BCUT2D eigenvalue weighted by Crippen LogP contribution is -2.18. The van der Waals surface area contributed by atoms with Gasteiger partial charge in [-0.15, -0.1) is 0 Å². The van der Waals surface area contributed by atoms with Crippen molar-refractivity contribution in [1.82, 2.24) is 9.97 Å². The minimum absolute atomic E-state index is 0.112. The molecule has 1 aromatic heterocycles. The number of rotatable bonds is 7. The van der Waals surface area contributed by atoms with Crippen molar-refractivity contribution in [2.24, 2.45) is 0 Å². The molecule has 120 valence electrons. The van der Waals surface area contributed by atoms with E-state index >= 15 is 0 Å². The molecule has 0 aliphatic carbocycles. The average Bonchev–Trinajstić information content (AvgIpc) is 2.36. The van der Waals surface area contributed by atoms with Crippen molar-refractivity contribution in [3.8, 4) is 0 Å². The minimum atomic E-state index is -0.112. The predicted octanol–water partition coefficient (Wildman–Crippen LogP) is 4.35. The van der Waals surface area contributed by atoms with Gasteiger partial charge in [0.1, 0.15) is 16.8 Å². The molecule has 0 amide bonds. The SMILES string of the molecule is Cc1c(Cl)nc(C(C)(C)C)nc1NCCCCOC(C)C. The number of hydrogen-bond donors (Lipinski definition) is 1. The summed E-state index contributed by atoms with van der Waals surface area (Å²) < 4.78 is 5.53. The summed E-state index contributed by atoms with van der Waals surface area (Å²) in [7, 11) is 0. The summed E-state index contributed by atoms with van der Waals surface area (Å²) in [6, 6.07) is 0. The lowest BCUT2D eigenvalue weighted by molar-refractivity contribution is 0.0765. The molecule has 0 bridgehead atoms. The van der Waals surface area contributed by atoms with Crippen molar-refractivity contribution in [2.45, 2.75) is 65.9 Å². The van der Waals surface area contributed by atoms with Crippen molar-refractivity contribution in [2.75, 3.05) is 18.5 Å². The molecule has 0 radical (unpaired) electrons. The van der Waals surface area contributed by atoms with Crippen LogP contribution in [0.5, 0.6) is 0 Å². The summed E-state index contributed by atoms with van der Waals surface area (Å²) in [5, 5.41) is 3.89. The van der Waals surface area contributed by atoms with E-state index in [0.717, 1.165) is 43.2 Å². The third-order valence-corrected chi connectivity index (χ3v) is 3.44. The van der Waals surface area contributed by atoms with Crippen molar-refractivity contribution in [3.63, 3.8) is 0 Å². The van der Waals surface area contributed by atoms with Gasteiger partial charge in [0.15, 0.2) is 0 Å². The molecule has 0 fully saturated rings. The second-order valence-electron chi connectivity index (χ2n) is 6.62. The molecule has 1 rings (SSSR count). The second-order valence-corrected chi connectivity index (χ2v) is 6.97. The van der Waals surface area contributed by atoms with Gasteiger partial charge < -0.3 is 10.1 Å². The Morgan fingerprint density at radius 3 is 2.43 bits per heavy atom. The summed E-state index contributed by atoms with van der Waals surface area (Å²) >= 11 is 6.21. The Kier molecular flexibility index (Phi) is 6.88. The smallest absolute Gasteiger partial charge is 0.137 e. The highest BCUT2D eigenvalue weighted by Crippen LogP contribution is 2.26. The highest BCUT2D eigenvalue weighted by molar-refractivity contribution is 6.30. The first-order chi connectivity index (χ1) is 9.71. The van der Waals surface area contributed by atoms with E-state index in [2.05, 4.69) is 49.9 Å². The fourth-order valence-corrected chi connectivity index (χ4v) is 1.92. The number of nitrogens with one attached hydrogen (secondary N) is 1. The van der Waals surface area contributed by atoms with Gasteiger partial charge in [-0.3, -0.25) is 0 Å². The Morgan fingerprint density at radius 2 is 1.86 bits per heavy atom. The van der Waals surface area contributed by atoms with Crippen LogP contribution in [0.2, 0.25) is 5.15 Å². The zero-order valence-electron chi connectivity index (χ0n) is 14.1. The van der Waals surface area contributed by atoms with Gasteiger partial charge in [-0.05, 0) is 33.6 Å². The first-order valence-electron chi connectivity index (χ1n) is 7.62. The molecule has 0 saturated heterocycles. The number of halogens is 1. The molecule has 0 spiro atoms. The Labute approximate surface area is 133 Å². The number of unbranched alkanes of at least 4 members (excludes halogenated alkanes) is 1. The zero-order valence-corrected chi connectivity index (χ0v) is 14.8. The molecule has 4 nitrogen and oxygen atoms in total. The maximum atomic E-state index is 6.21. The van der Waals surface area contributed by atoms with Gasteiger partial charge in [-0.2, -0.15) is 0 Å². The fraction of sp³-hybridized carbons (Fsp3) is 0.750. The topological polar surface area (TPSA) is 47.0 Å². The zero-order chi connectivity index (χ0) is 16.0. The molecule has 0 atom stereocenters. The maximum Gasteiger partial charge on any atom is 0.137 e. The van der Waals surface area contributed by atoms with Crippen LogP contribution < -0.4 is 5.32 Å². The summed E-state index contributed by atoms with van der Waals surface area (Å²) in [5.41, 5.74) is 0.793. The molecule has 1 N–H and O–H groups in total. The van der Waals surface area contributed by atoms with Crippen molar-refractivity contribution in [1.29, 1.82) is 0 Å². The molecule has 0 aliphatic heterocycles. The van der Waals surface area contributed by atoms with Gasteiger partial charge in [0, 0.05) is 24.1 Å². The fourth-order valence-electron chi connectivity index (χ4n) is 1.75. The van der Waals surface area contributed by atoms with E-state index in [9.17, 15) is 0 Å². The number of hydrogen-bond acceptors (Lipinski definition) is 4. The van der Waals surface area contributed by atoms with Crippen molar-refractivity contribution >= 4 is 17.4 Å². The Hall–Kier alpha value is -0.870. The van der Waals surface area contributed by atoms with Crippen molar-refractivity contribution < 1.29 is 4.74 Å². The van der Waals surface area contributed by atoms with Crippen LogP contribution in [0, 0.1) is 6.92 Å². The standard InChI is InChI=1S/C16H28ClN3O/c1-11(2)21-10-8-7-9-18-14-12(3)13(17)19-15(20-14)16(4,5)6/h11H,7-10H2,1-6H3,(H,18,19,20). The lowest BCUT2D eigenvalue weighted by Gasteiger charge is -2.19. The van der Waals surface area contributed by atoms with Gasteiger partial charge in [-0.1, -0.05) is 32.4 Å². The molecular weight excluding hydrogens is 286 g/mol. The normalized spacial score (nSPS) is 12.0. The number of ether oxygens (including phenoxy) is 1. The summed E-state index contributed by atoms with van der Waals surface area (Å²) in [6.07, 6.45) is 2.38. The van der Waals surface area contributed by atoms with E-state index < -0.39 is 0 Å². The van der Waals surface area contributed by atoms with E-state index in [1.54, 1.807) is 0 Å². The van der Waals surface area contributed by atoms with E-state index in [0.29, 0.717) is 11.3 Å². The number of anilines is 1. The van der Waals surface area contributed by atoms with Crippen LogP contribution >= 0.6 is 11.6 Å². The van der Waals surface area contributed by atoms with Gasteiger partial charge in [0.25, 0.3) is 0 Å². The molecule has 0 saturated carbocycles. The summed E-state index contributed by atoms with van der Waals surface area (Å²) in [5.74, 6) is 1.61. The van der Waals surface area contributed by atoms with Crippen LogP contribution in [-0.4, -0.2) is 29.2 Å². The van der Waals surface area contributed by atoms with Gasteiger partial charge >= 0.3 is 0 Å². The largest absolute Gasteiger partial charge is 0.379 e. The Morgan fingerprint density at radius 1 is 1.19 bits per heavy atom. The summed E-state index contributed by atoms with van der Waals surface area (Å²) in [4.78, 5) is 8.99. The number of aromatic nitrogens is 2. The van der Waals surface area contributed by atoms with E-state index in [1.807, 2.05) is 6.92 Å².